The van der Waals surface area contributed by atoms with Gasteiger partial charge < -0.3 is 14.8 Å². The molecule has 1 aromatic rings. The van der Waals surface area contributed by atoms with Crippen molar-refractivity contribution >= 4 is 17.5 Å². The summed E-state index contributed by atoms with van der Waals surface area (Å²) in [5.41, 5.74) is 0.218. The van der Waals surface area contributed by atoms with Gasteiger partial charge in [0.1, 0.15) is 11.5 Å². The van der Waals surface area contributed by atoms with E-state index in [0.29, 0.717) is 22.9 Å². The number of alkyl halides is 1. The first-order valence-electron chi connectivity index (χ1n) is 7.24. The zero-order chi connectivity index (χ0) is 15.3. The lowest BCUT2D eigenvalue weighted by atomic mass is 9.83. The molecule has 0 atom stereocenters. The first-order valence-corrected chi connectivity index (χ1v) is 7.78. The minimum absolute atomic E-state index is 0.142. The van der Waals surface area contributed by atoms with Gasteiger partial charge in [0.25, 0.3) is 5.91 Å². The average Bonchev–Trinajstić information content (AvgIpc) is 2.54. The van der Waals surface area contributed by atoms with E-state index in [1.165, 1.54) is 6.42 Å². The number of hydrogen-bond acceptors (Lipinski definition) is 3. The maximum absolute atomic E-state index is 12.6. The molecule has 0 unspecified atom stereocenters. The number of rotatable bonds is 5. The summed E-state index contributed by atoms with van der Waals surface area (Å²) >= 11 is 6.12. The predicted octanol–water partition coefficient (Wildman–Crippen LogP) is 3.38. The average molecular weight is 312 g/mol. The van der Waals surface area contributed by atoms with Crippen LogP contribution in [0.15, 0.2) is 18.2 Å². The number of nitrogens with one attached hydrogen (secondary N) is 1. The van der Waals surface area contributed by atoms with Gasteiger partial charge in [0, 0.05) is 11.9 Å². The molecule has 1 aliphatic rings. The molecule has 1 amide bonds. The van der Waals surface area contributed by atoms with Gasteiger partial charge in [-0.05, 0) is 25.0 Å². The van der Waals surface area contributed by atoms with E-state index in [9.17, 15) is 4.79 Å². The molecule has 0 radical (unpaired) electrons. The Morgan fingerprint density at radius 2 is 1.95 bits per heavy atom. The zero-order valence-corrected chi connectivity index (χ0v) is 13.3. The van der Waals surface area contributed by atoms with Gasteiger partial charge in [-0.2, -0.15) is 0 Å². The summed E-state index contributed by atoms with van der Waals surface area (Å²) in [7, 11) is 3.13. The molecule has 0 bridgehead atoms. The van der Waals surface area contributed by atoms with E-state index >= 15 is 0 Å². The van der Waals surface area contributed by atoms with Crippen molar-refractivity contribution in [3.05, 3.63) is 23.8 Å². The van der Waals surface area contributed by atoms with Crippen LogP contribution in [-0.2, 0) is 0 Å². The van der Waals surface area contributed by atoms with Crippen molar-refractivity contribution in [2.24, 2.45) is 0 Å². The fraction of sp³-hybridized carbons (Fsp3) is 0.562. The van der Waals surface area contributed by atoms with E-state index in [1.54, 1.807) is 32.4 Å². The third kappa shape index (κ3) is 3.62. The molecule has 1 saturated carbocycles. The number of halogens is 1. The summed E-state index contributed by atoms with van der Waals surface area (Å²) < 4.78 is 10.4. The van der Waals surface area contributed by atoms with Gasteiger partial charge in [0.05, 0.1) is 25.3 Å². The standard InChI is InChI=1S/C16H22ClNO3/c1-20-12-6-7-13(14(10-12)21-2)15(19)18-16(11-17)8-4-3-5-9-16/h6-7,10H,3-5,8-9,11H2,1-2H3,(H,18,19). The van der Waals surface area contributed by atoms with E-state index in [0.717, 1.165) is 25.7 Å². The Kier molecular flexibility index (Phi) is 5.34. The molecule has 0 heterocycles. The molecular formula is C16H22ClNO3. The molecule has 116 valence electrons. The van der Waals surface area contributed by atoms with Crippen molar-refractivity contribution in [2.75, 3.05) is 20.1 Å². The topological polar surface area (TPSA) is 47.6 Å². The number of hydrogen-bond donors (Lipinski definition) is 1. The normalized spacial score (nSPS) is 17.1. The molecule has 1 aliphatic carbocycles. The molecule has 0 aliphatic heterocycles. The summed E-state index contributed by atoms with van der Waals surface area (Å²) in [4.78, 5) is 12.6. The number of carbonyl (C=O) groups is 1. The van der Waals surface area contributed by atoms with Gasteiger partial charge in [-0.3, -0.25) is 4.79 Å². The summed E-state index contributed by atoms with van der Waals surface area (Å²) in [5, 5.41) is 3.12. The van der Waals surface area contributed by atoms with Crippen LogP contribution in [0.4, 0.5) is 0 Å². The second kappa shape index (κ2) is 7.03. The van der Waals surface area contributed by atoms with E-state index in [1.807, 2.05) is 0 Å². The quantitative estimate of drug-likeness (QED) is 0.848. The van der Waals surface area contributed by atoms with E-state index in [4.69, 9.17) is 21.1 Å². The zero-order valence-electron chi connectivity index (χ0n) is 12.6. The Balaban J connectivity index is 2.19. The summed E-state index contributed by atoms with van der Waals surface area (Å²) in [5.74, 6) is 1.47. The molecule has 21 heavy (non-hydrogen) atoms. The first kappa shape index (κ1) is 16.0. The molecular weight excluding hydrogens is 290 g/mol. The largest absolute Gasteiger partial charge is 0.497 e. The van der Waals surface area contributed by atoms with Crippen LogP contribution in [0.5, 0.6) is 11.5 Å². The van der Waals surface area contributed by atoms with Crippen LogP contribution in [0.1, 0.15) is 42.5 Å². The summed E-state index contributed by atoms with van der Waals surface area (Å²) in [6.07, 6.45) is 5.28. The van der Waals surface area contributed by atoms with Crippen LogP contribution in [0.25, 0.3) is 0 Å². The van der Waals surface area contributed by atoms with Crippen LogP contribution in [0, 0.1) is 0 Å². The Hall–Kier alpha value is -1.42. The van der Waals surface area contributed by atoms with E-state index < -0.39 is 0 Å². The highest BCUT2D eigenvalue weighted by atomic mass is 35.5. The molecule has 1 aromatic carbocycles. The molecule has 0 aromatic heterocycles. The van der Waals surface area contributed by atoms with Crippen LogP contribution >= 0.6 is 11.6 Å². The third-order valence-corrected chi connectivity index (χ3v) is 4.61. The highest BCUT2D eigenvalue weighted by molar-refractivity contribution is 6.19. The monoisotopic (exact) mass is 311 g/mol. The lowest BCUT2D eigenvalue weighted by Gasteiger charge is -2.36. The molecule has 0 spiro atoms. The van der Waals surface area contributed by atoms with Crippen molar-refractivity contribution in [2.45, 2.75) is 37.6 Å². The Morgan fingerprint density at radius 1 is 1.24 bits per heavy atom. The lowest BCUT2D eigenvalue weighted by Crippen LogP contribution is -2.51. The second-order valence-corrected chi connectivity index (χ2v) is 5.76. The van der Waals surface area contributed by atoms with Crippen LogP contribution < -0.4 is 14.8 Å². The third-order valence-electron chi connectivity index (χ3n) is 4.10. The van der Waals surface area contributed by atoms with Crippen LogP contribution in [-0.4, -0.2) is 31.5 Å². The van der Waals surface area contributed by atoms with Crippen molar-refractivity contribution in [1.29, 1.82) is 0 Å². The Morgan fingerprint density at radius 3 is 2.52 bits per heavy atom. The minimum atomic E-state index is -0.290. The predicted molar refractivity (Wildman–Crippen MR) is 83.5 cm³/mol. The maximum atomic E-state index is 12.6. The van der Waals surface area contributed by atoms with Crippen molar-refractivity contribution in [1.82, 2.24) is 5.32 Å². The molecule has 2 rings (SSSR count). The highest BCUT2D eigenvalue weighted by Gasteiger charge is 2.33. The first-order chi connectivity index (χ1) is 10.1. The van der Waals surface area contributed by atoms with E-state index in [2.05, 4.69) is 5.32 Å². The lowest BCUT2D eigenvalue weighted by molar-refractivity contribution is 0.0881. The van der Waals surface area contributed by atoms with Crippen molar-refractivity contribution in [3.8, 4) is 11.5 Å². The van der Waals surface area contributed by atoms with Gasteiger partial charge in [-0.1, -0.05) is 19.3 Å². The fourth-order valence-corrected chi connectivity index (χ4v) is 3.15. The van der Waals surface area contributed by atoms with Crippen molar-refractivity contribution < 1.29 is 14.3 Å². The number of carbonyl (C=O) groups excluding carboxylic acids is 1. The Labute approximate surface area is 130 Å². The fourth-order valence-electron chi connectivity index (χ4n) is 2.81. The number of amides is 1. The molecule has 4 nitrogen and oxygen atoms in total. The van der Waals surface area contributed by atoms with Gasteiger partial charge >= 0.3 is 0 Å². The number of benzene rings is 1. The second-order valence-electron chi connectivity index (χ2n) is 5.49. The molecule has 1 fully saturated rings. The van der Waals surface area contributed by atoms with E-state index in [-0.39, 0.29) is 11.4 Å². The molecule has 5 heteroatoms. The van der Waals surface area contributed by atoms with Gasteiger partial charge in [-0.25, -0.2) is 0 Å². The highest BCUT2D eigenvalue weighted by Crippen LogP contribution is 2.31. The molecule has 1 N–H and O–H groups in total. The Bertz CT molecular complexity index is 498. The smallest absolute Gasteiger partial charge is 0.255 e. The SMILES string of the molecule is COc1ccc(C(=O)NC2(CCl)CCCCC2)c(OC)c1. The van der Waals surface area contributed by atoms with Crippen LogP contribution in [0.3, 0.4) is 0 Å². The van der Waals surface area contributed by atoms with Gasteiger partial charge in [0.15, 0.2) is 0 Å². The van der Waals surface area contributed by atoms with Crippen LogP contribution in [0.2, 0.25) is 0 Å². The van der Waals surface area contributed by atoms with Gasteiger partial charge in [-0.15, -0.1) is 11.6 Å². The molecule has 0 saturated heterocycles. The minimum Gasteiger partial charge on any atom is -0.497 e. The number of ether oxygens (including phenoxy) is 2. The maximum Gasteiger partial charge on any atom is 0.255 e. The number of methoxy groups -OCH3 is 2. The van der Waals surface area contributed by atoms with Crippen molar-refractivity contribution in [3.63, 3.8) is 0 Å². The van der Waals surface area contributed by atoms with Gasteiger partial charge in [0.2, 0.25) is 0 Å². The summed E-state index contributed by atoms with van der Waals surface area (Å²) in [6.45, 7) is 0. The summed E-state index contributed by atoms with van der Waals surface area (Å²) in [6, 6.07) is 5.19.